The molecule has 4 heteroatoms. The van der Waals surface area contributed by atoms with Crippen molar-refractivity contribution in [2.45, 2.75) is 4.90 Å². The second kappa shape index (κ2) is 2.43. The van der Waals surface area contributed by atoms with Gasteiger partial charge < -0.3 is 4.98 Å². The van der Waals surface area contributed by atoms with Gasteiger partial charge in [0.25, 0.3) is 0 Å². The fourth-order valence-electron chi connectivity index (χ4n) is 0.966. The quantitative estimate of drug-likeness (QED) is 0.606. The molecule has 0 radical (unpaired) electrons. The summed E-state index contributed by atoms with van der Waals surface area (Å²) >= 11 is 9.82. The molecule has 11 heavy (non-hydrogen) atoms. The Hall–Kier alpha value is -0.670. The van der Waals surface area contributed by atoms with Crippen LogP contribution < -0.4 is 0 Å². The molecule has 0 spiro atoms. The van der Waals surface area contributed by atoms with Gasteiger partial charge in [-0.1, -0.05) is 0 Å². The lowest BCUT2D eigenvalue weighted by Crippen LogP contribution is -1.68. The fraction of sp³-hybridized carbons (Fsp3) is 0. The molecule has 56 valence electrons. The maximum absolute atomic E-state index is 5.64. The first-order chi connectivity index (χ1) is 5.25. The van der Waals surface area contributed by atoms with Gasteiger partial charge in [0.15, 0.2) is 0 Å². The van der Waals surface area contributed by atoms with Crippen LogP contribution in [0.2, 0.25) is 5.28 Å². The number of imidazole rings is 1. The smallest absolute Gasteiger partial charge is 0.201 e. The highest BCUT2D eigenvalue weighted by Gasteiger charge is 1.98. The summed E-state index contributed by atoms with van der Waals surface area (Å²) in [4.78, 5) is 7.84. The summed E-state index contributed by atoms with van der Waals surface area (Å²) in [6, 6.07) is 5.64. The van der Waals surface area contributed by atoms with Crippen molar-refractivity contribution in [3.8, 4) is 0 Å². The topological polar surface area (TPSA) is 28.7 Å². The molecule has 0 fully saturated rings. The van der Waals surface area contributed by atoms with Crippen molar-refractivity contribution in [3.63, 3.8) is 0 Å². The van der Waals surface area contributed by atoms with Crippen LogP contribution in [0.1, 0.15) is 0 Å². The molecule has 0 saturated heterocycles. The van der Waals surface area contributed by atoms with E-state index in [1.165, 1.54) is 0 Å². The lowest BCUT2D eigenvalue weighted by Gasteiger charge is -1.88. The Balaban J connectivity index is 2.82. The van der Waals surface area contributed by atoms with E-state index in [-0.39, 0.29) is 0 Å². The number of nitrogens with zero attached hydrogens (tertiary/aromatic N) is 1. The van der Waals surface area contributed by atoms with E-state index in [2.05, 4.69) is 22.6 Å². The van der Waals surface area contributed by atoms with E-state index >= 15 is 0 Å². The molecule has 0 aliphatic heterocycles. The molecular weight excluding hydrogens is 180 g/mol. The lowest BCUT2D eigenvalue weighted by molar-refractivity contribution is 1.34. The van der Waals surface area contributed by atoms with Gasteiger partial charge in [0, 0.05) is 4.90 Å². The molecule has 2 rings (SSSR count). The predicted octanol–water partition coefficient (Wildman–Crippen LogP) is 2.51. The summed E-state index contributed by atoms with van der Waals surface area (Å²) in [5.41, 5.74) is 1.79. The minimum atomic E-state index is 0.416. The first kappa shape index (κ1) is 7.00. The van der Waals surface area contributed by atoms with E-state index in [1.807, 2.05) is 18.2 Å². The van der Waals surface area contributed by atoms with Gasteiger partial charge in [-0.15, -0.1) is 12.6 Å². The number of thiol groups is 1. The number of H-pyrrole nitrogens is 1. The van der Waals surface area contributed by atoms with Crippen LogP contribution in [-0.2, 0) is 0 Å². The maximum atomic E-state index is 5.64. The van der Waals surface area contributed by atoms with E-state index in [0.29, 0.717) is 5.28 Å². The summed E-state index contributed by atoms with van der Waals surface area (Å²) in [7, 11) is 0. The third kappa shape index (κ3) is 1.21. The normalized spacial score (nSPS) is 10.7. The Bertz CT molecular complexity index is 396. The zero-order chi connectivity index (χ0) is 7.84. The largest absolute Gasteiger partial charge is 0.329 e. The number of nitrogens with one attached hydrogen (secondary N) is 1. The van der Waals surface area contributed by atoms with Gasteiger partial charge in [-0.05, 0) is 29.8 Å². The van der Waals surface area contributed by atoms with E-state index in [4.69, 9.17) is 11.6 Å². The second-order valence-corrected chi connectivity index (χ2v) is 3.10. The van der Waals surface area contributed by atoms with E-state index in [1.54, 1.807) is 0 Å². The second-order valence-electron chi connectivity index (χ2n) is 2.23. The molecule has 0 aliphatic rings. The van der Waals surface area contributed by atoms with E-state index < -0.39 is 0 Å². The number of hydrogen-bond donors (Lipinski definition) is 2. The number of rotatable bonds is 0. The molecule has 1 aromatic heterocycles. The van der Waals surface area contributed by atoms with Gasteiger partial charge >= 0.3 is 0 Å². The van der Waals surface area contributed by atoms with Crippen molar-refractivity contribution in [1.82, 2.24) is 9.97 Å². The number of benzene rings is 1. The first-order valence-corrected chi connectivity index (χ1v) is 3.92. The summed E-state index contributed by atoms with van der Waals surface area (Å²) in [5, 5.41) is 0.416. The number of aromatic amines is 1. The maximum Gasteiger partial charge on any atom is 0.201 e. The van der Waals surface area contributed by atoms with Gasteiger partial charge in [-0.25, -0.2) is 4.98 Å². The Kier molecular flexibility index (Phi) is 1.55. The third-order valence-corrected chi connectivity index (χ3v) is 1.89. The average Bonchev–Trinajstić information content (AvgIpc) is 2.27. The van der Waals surface area contributed by atoms with Gasteiger partial charge in [0.2, 0.25) is 5.28 Å². The van der Waals surface area contributed by atoms with Crippen LogP contribution in [-0.4, -0.2) is 9.97 Å². The zero-order valence-corrected chi connectivity index (χ0v) is 7.15. The molecule has 2 aromatic rings. The van der Waals surface area contributed by atoms with Crippen molar-refractivity contribution in [2.75, 3.05) is 0 Å². The van der Waals surface area contributed by atoms with Crippen molar-refractivity contribution >= 4 is 35.3 Å². The standard InChI is InChI=1S/C7H5ClN2S/c8-7-9-5-2-1-4(11)3-6(5)10-7/h1-3,11H,(H,9,10). The van der Waals surface area contributed by atoms with Gasteiger partial charge in [-0.2, -0.15) is 0 Å². The van der Waals surface area contributed by atoms with Crippen molar-refractivity contribution < 1.29 is 0 Å². The molecule has 0 atom stereocenters. The zero-order valence-electron chi connectivity index (χ0n) is 5.50. The molecular formula is C7H5ClN2S. The molecule has 0 unspecified atom stereocenters. The van der Waals surface area contributed by atoms with Crippen LogP contribution in [0.15, 0.2) is 23.1 Å². The molecule has 0 aliphatic carbocycles. The number of hydrogen-bond acceptors (Lipinski definition) is 2. The van der Waals surface area contributed by atoms with Crippen LogP contribution in [0.25, 0.3) is 11.0 Å². The number of fused-ring (bicyclic) bond motifs is 1. The van der Waals surface area contributed by atoms with E-state index in [9.17, 15) is 0 Å². The Morgan fingerprint density at radius 2 is 2.27 bits per heavy atom. The average molecular weight is 185 g/mol. The predicted molar refractivity (Wildman–Crippen MR) is 48.4 cm³/mol. The third-order valence-electron chi connectivity index (χ3n) is 1.44. The summed E-state index contributed by atoms with van der Waals surface area (Å²) in [6.07, 6.45) is 0. The molecule has 0 saturated carbocycles. The molecule has 0 bridgehead atoms. The van der Waals surface area contributed by atoms with Crippen molar-refractivity contribution in [1.29, 1.82) is 0 Å². The van der Waals surface area contributed by atoms with Crippen LogP contribution in [0.3, 0.4) is 0 Å². The minimum Gasteiger partial charge on any atom is -0.329 e. The van der Waals surface area contributed by atoms with Crippen LogP contribution in [0, 0.1) is 0 Å². The molecule has 2 nitrogen and oxygen atoms in total. The molecule has 0 amide bonds. The van der Waals surface area contributed by atoms with Crippen molar-refractivity contribution in [2.24, 2.45) is 0 Å². The highest BCUT2D eigenvalue weighted by Crippen LogP contribution is 2.17. The number of aromatic nitrogens is 2. The summed E-state index contributed by atoms with van der Waals surface area (Å²) in [5.74, 6) is 0. The Labute approximate surface area is 74.0 Å². The van der Waals surface area contributed by atoms with E-state index in [0.717, 1.165) is 15.9 Å². The van der Waals surface area contributed by atoms with Crippen LogP contribution in [0.5, 0.6) is 0 Å². The van der Waals surface area contributed by atoms with Crippen LogP contribution in [0.4, 0.5) is 0 Å². The minimum absolute atomic E-state index is 0.416. The van der Waals surface area contributed by atoms with Gasteiger partial charge in [-0.3, -0.25) is 0 Å². The van der Waals surface area contributed by atoms with Gasteiger partial charge in [0.1, 0.15) is 0 Å². The highest BCUT2D eigenvalue weighted by atomic mass is 35.5. The molecule has 1 aromatic carbocycles. The lowest BCUT2D eigenvalue weighted by atomic mass is 10.3. The monoisotopic (exact) mass is 184 g/mol. The Morgan fingerprint density at radius 1 is 1.45 bits per heavy atom. The summed E-state index contributed by atoms with van der Waals surface area (Å²) < 4.78 is 0. The Morgan fingerprint density at radius 3 is 3.09 bits per heavy atom. The summed E-state index contributed by atoms with van der Waals surface area (Å²) in [6.45, 7) is 0. The van der Waals surface area contributed by atoms with Gasteiger partial charge in [0.05, 0.1) is 11.0 Å². The molecule has 1 heterocycles. The van der Waals surface area contributed by atoms with Crippen molar-refractivity contribution in [3.05, 3.63) is 23.5 Å². The van der Waals surface area contributed by atoms with Crippen LogP contribution >= 0.6 is 24.2 Å². The highest BCUT2D eigenvalue weighted by molar-refractivity contribution is 7.80. The fourth-order valence-corrected chi connectivity index (χ4v) is 1.36. The SMILES string of the molecule is Sc1ccc2nc(Cl)[nH]c2c1. The molecule has 1 N–H and O–H groups in total. The number of halogens is 1. The first-order valence-electron chi connectivity index (χ1n) is 3.10.